The quantitative estimate of drug-likeness (QED) is 0.120. The van der Waals surface area contributed by atoms with Crippen LogP contribution in [0.15, 0.2) is 43.1 Å². The topological polar surface area (TPSA) is 244 Å². The van der Waals surface area contributed by atoms with Gasteiger partial charge in [0.1, 0.15) is 29.3 Å². The molecule has 2 saturated heterocycles. The first kappa shape index (κ1) is 53.3. The number of aliphatic hydroxyl groups is 1. The minimum absolute atomic E-state index is 0.0115. The first-order chi connectivity index (χ1) is 31.0. The van der Waals surface area contributed by atoms with Crippen LogP contribution in [-0.4, -0.2) is 141 Å². The highest BCUT2D eigenvalue weighted by Gasteiger charge is 2.48. The van der Waals surface area contributed by atoms with Crippen LogP contribution in [0.2, 0.25) is 0 Å². The lowest BCUT2D eigenvalue weighted by Gasteiger charge is -2.53. The standard InChI is InChI=1S/C32H36F3N9O2.3C2HF3O2/c33-32(34,35)27-13-21(16-42-11-6-24(45)7-12-42)14-28(41-27)46-25-3-1-23(2-4-25)43-18-31(19-43,8-9-36)44-17-22(15-40-44)29-26-5-10-37-30(26)39-20-38-29;3*3-2(4,5)1(6)7/h5,10,13-15,17,20,23-25,45H,1-4,6-8,11-12,16,18-19H2,(H,37,38,39);3*(H,6,7)/t23-,25+;;;. The third-order valence-corrected chi connectivity index (χ3v) is 10.4. The van der Waals surface area contributed by atoms with Gasteiger partial charge >= 0.3 is 42.6 Å². The van der Waals surface area contributed by atoms with E-state index in [0.717, 1.165) is 41.2 Å². The van der Waals surface area contributed by atoms with Crippen molar-refractivity contribution in [2.75, 3.05) is 26.2 Å². The van der Waals surface area contributed by atoms with Crippen molar-refractivity contribution >= 4 is 28.9 Å². The van der Waals surface area contributed by atoms with E-state index in [1.165, 1.54) is 6.33 Å². The molecular formula is C38H39F12N9O8. The molecule has 67 heavy (non-hydrogen) atoms. The Bertz CT molecular complexity index is 2280. The first-order valence-corrected chi connectivity index (χ1v) is 19.5. The number of likely N-dealkylation sites (tertiary alicyclic amines) is 2. The Kier molecular flexibility index (Phi) is 17.2. The van der Waals surface area contributed by atoms with Crippen molar-refractivity contribution in [1.29, 1.82) is 5.26 Å². The minimum atomic E-state index is -5.08. The number of aromatic nitrogens is 6. The van der Waals surface area contributed by atoms with E-state index in [4.69, 9.17) is 34.4 Å². The van der Waals surface area contributed by atoms with Gasteiger partial charge in [-0.3, -0.25) is 14.5 Å². The fraction of sp³-hybridized carbons (Fsp3) is 0.526. The molecule has 17 nitrogen and oxygen atoms in total. The predicted molar refractivity (Wildman–Crippen MR) is 202 cm³/mol. The molecule has 29 heteroatoms. The molecule has 368 valence electrons. The summed E-state index contributed by atoms with van der Waals surface area (Å²) in [6.45, 7) is 3.00. The number of carbonyl (C=O) groups is 3. The first-order valence-electron chi connectivity index (χ1n) is 19.5. The summed E-state index contributed by atoms with van der Waals surface area (Å²) in [5.41, 5.74) is 1.53. The van der Waals surface area contributed by atoms with E-state index < -0.39 is 53.8 Å². The van der Waals surface area contributed by atoms with Crippen LogP contribution in [0.4, 0.5) is 52.7 Å². The molecule has 0 radical (unpaired) electrons. The van der Waals surface area contributed by atoms with Crippen molar-refractivity contribution in [3.63, 3.8) is 0 Å². The molecule has 1 saturated carbocycles. The SMILES string of the molecule is N#CCC1(n2cc(-c3ncnc4[nH]ccc34)cn2)CN([C@H]2CC[C@@H](Oc3cc(CN4CCC(O)CC4)cc(C(F)(F)F)n3)CC2)C1.O=C(O)C(F)(F)F.O=C(O)C(F)(F)F.O=C(O)C(F)(F)F. The molecule has 0 bridgehead atoms. The third kappa shape index (κ3) is 15.1. The Labute approximate surface area is 369 Å². The smallest absolute Gasteiger partial charge is 0.475 e. The number of rotatable bonds is 8. The fourth-order valence-electron chi connectivity index (χ4n) is 7.15. The van der Waals surface area contributed by atoms with Gasteiger partial charge in [0.2, 0.25) is 5.88 Å². The number of nitriles is 1. The highest BCUT2D eigenvalue weighted by Crippen LogP contribution is 2.39. The van der Waals surface area contributed by atoms with Gasteiger partial charge in [0, 0.05) is 68.2 Å². The van der Waals surface area contributed by atoms with Crippen molar-refractivity contribution in [3.05, 3.63) is 54.4 Å². The summed E-state index contributed by atoms with van der Waals surface area (Å²) in [6, 6.07) is 7.30. The van der Waals surface area contributed by atoms with E-state index in [9.17, 15) is 63.1 Å². The average Bonchev–Trinajstić information content (AvgIpc) is 3.91. The maximum atomic E-state index is 13.7. The van der Waals surface area contributed by atoms with Crippen molar-refractivity contribution < 1.29 is 92.2 Å². The van der Waals surface area contributed by atoms with Gasteiger partial charge in [0.25, 0.3) is 0 Å². The third-order valence-electron chi connectivity index (χ3n) is 10.4. The zero-order valence-corrected chi connectivity index (χ0v) is 34.3. The van der Waals surface area contributed by atoms with Gasteiger partial charge in [-0.1, -0.05) is 0 Å². The molecule has 3 fully saturated rings. The van der Waals surface area contributed by atoms with E-state index in [1.807, 2.05) is 23.1 Å². The average molecular weight is 978 g/mol. The molecule has 4 aromatic rings. The lowest BCUT2D eigenvalue weighted by molar-refractivity contribution is -0.193. The summed E-state index contributed by atoms with van der Waals surface area (Å²) < 4.78 is 144. The summed E-state index contributed by atoms with van der Waals surface area (Å²) in [5, 5.41) is 46.4. The van der Waals surface area contributed by atoms with Gasteiger partial charge in [-0.05, 0) is 56.2 Å². The summed E-state index contributed by atoms with van der Waals surface area (Å²) in [6.07, 6.45) is -8.67. The molecule has 2 aliphatic heterocycles. The molecule has 4 aromatic heterocycles. The molecule has 5 N–H and O–H groups in total. The van der Waals surface area contributed by atoms with Crippen molar-refractivity contribution in [1.82, 2.24) is 39.5 Å². The van der Waals surface area contributed by atoms with Gasteiger partial charge in [0.05, 0.1) is 30.5 Å². The number of alkyl halides is 12. The number of aliphatic hydroxyl groups excluding tert-OH is 1. The number of halogens is 12. The maximum absolute atomic E-state index is 13.7. The molecular weight excluding hydrogens is 938 g/mol. The molecule has 0 unspecified atom stereocenters. The number of H-pyrrole nitrogens is 1. The number of ether oxygens (including phenoxy) is 1. The Morgan fingerprint density at radius 1 is 0.836 bits per heavy atom. The van der Waals surface area contributed by atoms with Crippen LogP contribution in [0.1, 0.15) is 56.2 Å². The molecule has 6 heterocycles. The van der Waals surface area contributed by atoms with Crippen LogP contribution in [-0.2, 0) is 32.6 Å². The van der Waals surface area contributed by atoms with Gasteiger partial charge < -0.3 is 30.1 Å². The number of pyridine rings is 1. The second-order valence-corrected chi connectivity index (χ2v) is 15.3. The Balaban J connectivity index is 0.000000389. The number of nitrogens with zero attached hydrogens (tertiary/aromatic N) is 8. The molecule has 7 rings (SSSR count). The lowest BCUT2D eigenvalue weighted by atomic mass is 9.82. The lowest BCUT2D eigenvalue weighted by Crippen LogP contribution is -2.65. The van der Waals surface area contributed by atoms with Gasteiger partial charge in [-0.15, -0.1) is 0 Å². The molecule has 1 aliphatic carbocycles. The van der Waals surface area contributed by atoms with Crippen LogP contribution in [0.5, 0.6) is 5.88 Å². The van der Waals surface area contributed by atoms with E-state index in [2.05, 4.69) is 40.9 Å². The molecule has 0 aromatic carbocycles. The molecule has 0 atom stereocenters. The van der Waals surface area contributed by atoms with E-state index in [0.29, 0.717) is 76.4 Å². The number of hydrogen-bond donors (Lipinski definition) is 5. The fourth-order valence-corrected chi connectivity index (χ4v) is 7.15. The van der Waals surface area contributed by atoms with Crippen molar-refractivity contribution in [2.24, 2.45) is 0 Å². The summed E-state index contributed by atoms with van der Waals surface area (Å²) in [7, 11) is 0. The molecule has 0 amide bonds. The van der Waals surface area contributed by atoms with E-state index in [1.54, 1.807) is 12.3 Å². The Hall–Kier alpha value is -6.28. The van der Waals surface area contributed by atoms with E-state index in [-0.39, 0.29) is 18.1 Å². The summed E-state index contributed by atoms with van der Waals surface area (Å²) in [4.78, 5) is 46.8. The Morgan fingerprint density at radius 3 is 1.90 bits per heavy atom. The number of nitrogens with one attached hydrogen (secondary N) is 1. The zero-order valence-electron chi connectivity index (χ0n) is 34.3. The second kappa shape index (κ2) is 21.6. The minimum Gasteiger partial charge on any atom is -0.475 e. The van der Waals surface area contributed by atoms with Gasteiger partial charge in [0.15, 0.2) is 0 Å². The van der Waals surface area contributed by atoms with Crippen LogP contribution in [0, 0.1) is 11.3 Å². The molecule has 3 aliphatic rings. The monoisotopic (exact) mass is 977 g/mol. The van der Waals surface area contributed by atoms with Crippen LogP contribution in [0.3, 0.4) is 0 Å². The van der Waals surface area contributed by atoms with Gasteiger partial charge in [-0.2, -0.15) is 63.0 Å². The number of hydrogen-bond acceptors (Lipinski definition) is 12. The number of carboxylic acids is 3. The van der Waals surface area contributed by atoms with Crippen LogP contribution < -0.4 is 4.74 Å². The number of piperidine rings is 1. The van der Waals surface area contributed by atoms with Crippen LogP contribution in [0.25, 0.3) is 22.3 Å². The number of aromatic amines is 1. The largest absolute Gasteiger partial charge is 0.490 e. The predicted octanol–water partition coefficient (Wildman–Crippen LogP) is 6.41. The van der Waals surface area contributed by atoms with Crippen LogP contribution >= 0.6 is 0 Å². The second-order valence-electron chi connectivity index (χ2n) is 15.3. The highest BCUT2D eigenvalue weighted by atomic mass is 19.4. The maximum Gasteiger partial charge on any atom is 0.490 e. The zero-order chi connectivity index (χ0) is 50.1. The van der Waals surface area contributed by atoms with Gasteiger partial charge in [-0.25, -0.2) is 29.3 Å². The summed E-state index contributed by atoms with van der Waals surface area (Å²) >= 11 is 0. The number of carboxylic acid groups (broad SMARTS) is 3. The number of aliphatic carboxylic acids is 3. The van der Waals surface area contributed by atoms with Crippen molar-refractivity contribution in [2.45, 2.75) is 100.0 Å². The van der Waals surface area contributed by atoms with E-state index >= 15 is 0 Å². The highest BCUT2D eigenvalue weighted by molar-refractivity contribution is 5.90. The number of fused-ring (bicyclic) bond motifs is 1. The Morgan fingerprint density at radius 2 is 1.39 bits per heavy atom. The summed E-state index contributed by atoms with van der Waals surface area (Å²) in [5.74, 6) is -8.26. The molecule has 0 spiro atoms. The van der Waals surface area contributed by atoms with Crippen molar-refractivity contribution in [3.8, 4) is 23.2 Å². The normalized spacial score (nSPS) is 19.2.